The highest BCUT2D eigenvalue weighted by atomic mass is 79.9. The molecule has 0 heterocycles. The van der Waals surface area contributed by atoms with E-state index < -0.39 is 8.32 Å². The number of halogens is 2. The Labute approximate surface area is 170 Å². The molecule has 0 aliphatic carbocycles. The maximum atomic E-state index is 13.1. The van der Waals surface area contributed by atoms with Crippen molar-refractivity contribution in [2.24, 2.45) is 0 Å². The van der Waals surface area contributed by atoms with Gasteiger partial charge in [-0.15, -0.1) is 0 Å². The molecule has 2 rings (SSSR count). The molecule has 0 aliphatic heterocycles. The second-order valence-corrected chi connectivity index (χ2v) is 13.8. The molecule has 0 bridgehead atoms. The monoisotopic (exact) mass is 451 g/mol. The van der Waals surface area contributed by atoms with Gasteiger partial charge in [-0.3, -0.25) is 4.79 Å². The van der Waals surface area contributed by atoms with E-state index in [1.807, 2.05) is 24.3 Å². The van der Waals surface area contributed by atoms with Gasteiger partial charge in [-0.05, 0) is 60.1 Å². The molecule has 0 saturated carbocycles. The van der Waals surface area contributed by atoms with E-state index in [-0.39, 0.29) is 22.9 Å². The van der Waals surface area contributed by atoms with Crippen LogP contribution in [0.25, 0.3) is 0 Å². The lowest BCUT2D eigenvalue weighted by Gasteiger charge is -2.39. The summed E-state index contributed by atoms with van der Waals surface area (Å²) >= 11 is 3.45. The minimum atomic E-state index is -2.04. The zero-order valence-electron chi connectivity index (χ0n) is 16.5. The zero-order valence-corrected chi connectivity index (χ0v) is 19.1. The Morgan fingerprint density at radius 3 is 2.19 bits per heavy atom. The third-order valence-electron chi connectivity index (χ3n) is 5.04. The third-order valence-corrected chi connectivity index (χ3v) is 10.1. The summed E-state index contributed by atoms with van der Waals surface area (Å²) in [5, 5.41) is 2.99. The molecular weight excluding hydrogens is 425 g/mol. The first-order valence-corrected chi connectivity index (χ1v) is 12.7. The van der Waals surface area contributed by atoms with Crippen LogP contribution in [0, 0.1) is 5.82 Å². The number of benzene rings is 2. The first-order chi connectivity index (χ1) is 12.5. The van der Waals surface area contributed by atoms with E-state index in [2.05, 4.69) is 55.1 Å². The number of carbonyl (C=O) groups is 1. The van der Waals surface area contributed by atoms with E-state index in [1.165, 1.54) is 24.3 Å². The van der Waals surface area contributed by atoms with Gasteiger partial charge in [0.1, 0.15) is 5.82 Å². The molecule has 0 radical (unpaired) electrons. The molecule has 146 valence electrons. The van der Waals surface area contributed by atoms with E-state index in [9.17, 15) is 9.18 Å². The Morgan fingerprint density at radius 1 is 1.11 bits per heavy atom. The van der Waals surface area contributed by atoms with Gasteiger partial charge < -0.3 is 9.74 Å². The first-order valence-electron chi connectivity index (χ1n) is 8.97. The summed E-state index contributed by atoms with van der Waals surface area (Å²) in [5.74, 6) is -0.600. The molecular formula is C21H27BrFNO2Si. The maximum Gasteiger partial charge on any atom is 0.251 e. The summed E-state index contributed by atoms with van der Waals surface area (Å²) in [6, 6.07) is 13.5. The van der Waals surface area contributed by atoms with Crippen molar-refractivity contribution in [2.75, 3.05) is 6.54 Å². The van der Waals surface area contributed by atoms with Crippen LogP contribution in [0.1, 0.15) is 42.8 Å². The molecule has 2 aromatic carbocycles. The Kier molecular flexibility index (Phi) is 7.00. The summed E-state index contributed by atoms with van der Waals surface area (Å²) < 4.78 is 20.6. The van der Waals surface area contributed by atoms with Crippen LogP contribution in [0.15, 0.2) is 53.0 Å². The average molecular weight is 452 g/mol. The van der Waals surface area contributed by atoms with Crippen molar-refractivity contribution in [3.8, 4) is 0 Å². The summed E-state index contributed by atoms with van der Waals surface area (Å²) in [6.45, 7) is 11.3. The zero-order chi connectivity index (χ0) is 20.2. The van der Waals surface area contributed by atoms with Gasteiger partial charge >= 0.3 is 0 Å². The van der Waals surface area contributed by atoms with Crippen LogP contribution < -0.4 is 5.32 Å². The van der Waals surface area contributed by atoms with E-state index in [0.717, 1.165) is 10.0 Å². The Bertz CT molecular complexity index is 770. The van der Waals surface area contributed by atoms with Crippen molar-refractivity contribution in [1.82, 2.24) is 5.32 Å². The van der Waals surface area contributed by atoms with E-state index >= 15 is 0 Å². The van der Waals surface area contributed by atoms with Gasteiger partial charge in [0.25, 0.3) is 5.91 Å². The fourth-order valence-corrected chi connectivity index (χ4v) is 3.87. The van der Waals surface area contributed by atoms with E-state index in [4.69, 9.17) is 4.43 Å². The minimum absolute atomic E-state index is 0.0571. The molecule has 0 spiro atoms. The quantitative estimate of drug-likeness (QED) is 0.540. The predicted molar refractivity (Wildman–Crippen MR) is 114 cm³/mol. The number of carbonyl (C=O) groups excluding carboxylic acids is 1. The van der Waals surface area contributed by atoms with Gasteiger partial charge in [0.2, 0.25) is 0 Å². The highest BCUT2D eigenvalue weighted by Crippen LogP contribution is 2.39. The van der Waals surface area contributed by atoms with Gasteiger partial charge in [-0.25, -0.2) is 4.39 Å². The lowest BCUT2D eigenvalue weighted by molar-refractivity contribution is 0.0921. The molecule has 1 amide bonds. The van der Waals surface area contributed by atoms with Crippen molar-refractivity contribution >= 4 is 30.2 Å². The predicted octanol–water partition coefficient (Wildman–Crippen LogP) is 6.08. The average Bonchev–Trinajstić information content (AvgIpc) is 2.58. The van der Waals surface area contributed by atoms with Crippen molar-refractivity contribution in [2.45, 2.75) is 45.0 Å². The molecule has 0 fully saturated rings. The van der Waals surface area contributed by atoms with Crippen LogP contribution in [-0.4, -0.2) is 20.8 Å². The number of hydrogen-bond acceptors (Lipinski definition) is 2. The van der Waals surface area contributed by atoms with Crippen molar-refractivity contribution in [3.05, 3.63) is 69.9 Å². The minimum Gasteiger partial charge on any atom is -0.408 e. The molecule has 1 unspecified atom stereocenters. The highest BCUT2D eigenvalue weighted by molar-refractivity contribution is 9.10. The first kappa shape index (κ1) is 21.8. The van der Waals surface area contributed by atoms with Crippen LogP contribution in [0.4, 0.5) is 4.39 Å². The van der Waals surface area contributed by atoms with Crippen molar-refractivity contribution < 1.29 is 13.6 Å². The summed E-state index contributed by atoms with van der Waals surface area (Å²) in [6.07, 6.45) is -0.247. The van der Waals surface area contributed by atoms with Gasteiger partial charge in [0, 0.05) is 16.6 Å². The Balaban J connectivity index is 2.18. The molecule has 3 nitrogen and oxygen atoms in total. The van der Waals surface area contributed by atoms with E-state index in [1.54, 1.807) is 0 Å². The van der Waals surface area contributed by atoms with Crippen LogP contribution >= 0.6 is 15.9 Å². The molecule has 6 heteroatoms. The maximum absolute atomic E-state index is 13.1. The summed E-state index contributed by atoms with van der Waals surface area (Å²) in [7, 11) is -2.04. The third kappa shape index (κ3) is 5.99. The molecule has 0 aromatic heterocycles. The second-order valence-electron chi connectivity index (χ2n) is 8.14. The Hall–Kier alpha value is -1.50. The SMILES string of the molecule is CC(C)(C)[Si](C)(C)OC(CNC(=O)c1ccc(F)cc1)c1ccc(Br)cc1. The van der Waals surface area contributed by atoms with Gasteiger partial charge in [0.05, 0.1) is 6.10 Å². The highest BCUT2D eigenvalue weighted by Gasteiger charge is 2.39. The number of nitrogens with one attached hydrogen (secondary N) is 1. The smallest absolute Gasteiger partial charge is 0.251 e. The Morgan fingerprint density at radius 2 is 1.67 bits per heavy atom. The molecule has 1 atom stereocenters. The van der Waals surface area contributed by atoms with Crippen LogP contribution in [0.5, 0.6) is 0 Å². The summed E-state index contributed by atoms with van der Waals surface area (Å²) in [4.78, 5) is 12.4. The lowest BCUT2D eigenvalue weighted by atomic mass is 10.1. The van der Waals surface area contributed by atoms with Crippen molar-refractivity contribution in [1.29, 1.82) is 0 Å². The number of hydrogen-bond donors (Lipinski definition) is 1. The largest absolute Gasteiger partial charge is 0.408 e. The molecule has 1 N–H and O–H groups in total. The standard InChI is InChI=1S/C21H27BrFNO2Si/c1-21(2,3)27(4,5)26-19(15-6-10-17(22)11-7-15)14-24-20(25)16-8-12-18(23)13-9-16/h6-13,19H,14H2,1-5H3,(H,24,25). The topological polar surface area (TPSA) is 38.3 Å². The van der Waals surface area contributed by atoms with E-state index in [0.29, 0.717) is 12.1 Å². The molecule has 2 aromatic rings. The lowest BCUT2D eigenvalue weighted by Crippen LogP contribution is -2.44. The number of rotatable bonds is 6. The van der Waals surface area contributed by atoms with Crippen molar-refractivity contribution in [3.63, 3.8) is 0 Å². The summed E-state index contributed by atoms with van der Waals surface area (Å²) in [5.41, 5.74) is 1.45. The van der Waals surface area contributed by atoms with Gasteiger partial charge in [0.15, 0.2) is 8.32 Å². The molecule has 0 saturated heterocycles. The second kappa shape index (κ2) is 8.67. The molecule has 27 heavy (non-hydrogen) atoms. The normalized spacial score (nSPS) is 13.3. The van der Waals surface area contributed by atoms with Gasteiger partial charge in [-0.1, -0.05) is 48.8 Å². The van der Waals surface area contributed by atoms with Crippen LogP contribution in [0.2, 0.25) is 18.1 Å². The fraction of sp³-hybridized carbons (Fsp3) is 0.381. The molecule has 0 aliphatic rings. The van der Waals surface area contributed by atoms with Crippen LogP contribution in [-0.2, 0) is 4.43 Å². The number of amides is 1. The van der Waals surface area contributed by atoms with Gasteiger partial charge in [-0.2, -0.15) is 0 Å². The van der Waals surface area contributed by atoms with Crippen LogP contribution in [0.3, 0.4) is 0 Å². The fourth-order valence-electron chi connectivity index (χ4n) is 2.33.